The quantitative estimate of drug-likeness (QED) is 0.248. The molecule has 4 N–H and O–H groups in total. The van der Waals surface area contributed by atoms with Gasteiger partial charge in [-0.1, -0.05) is 6.07 Å². The molecule has 0 fully saturated rings. The van der Waals surface area contributed by atoms with Gasteiger partial charge in [0.2, 0.25) is 10.0 Å². The summed E-state index contributed by atoms with van der Waals surface area (Å²) in [6.45, 7) is 11.2. The predicted molar refractivity (Wildman–Crippen MR) is 158 cm³/mol. The van der Waals surface area contributed by atoms with Gasteiger partial charge in [-0.25, -0.2) is 22.9 Å². The molecule has 38 heavy (non-hydrogen) atoms. The lowest BCUT2D eigenvalue weighted by atomic mass is 10.1. The maximum atomic E-state index is 13.4. The molecule has 0 saturated heterocycles. The highest BCUT2D eigenvalue weighted by Gasteiger charge is 2.26. The second-order valence-corrected chi connectivity index (χ2v) is 12.9. The van der Waals surface area contributed by atoms with Crippen LogP contribution in [0.2, 0.25) is 0 Å². The summed E-state index contributed by atoms with van der Waals surface area (Å²) in [4.78, 5) is 17.2. The molecule has 9 nitrogen and oxygen atoms in total. The molecule has 12 heteroatoms. The van der Waals surface area contributed by atoms with E-state index in [0.29, 0.717) is 21.2 Å². The van der Waals surface area contributed by atoms with Gasteiger partial charge in [-0.3, -0.25) is 5.32 Å². The Morgan fingerprint density at radius 2 is 1.74 bits per heavy atom. The van der Waals surface area contributed by atoms with Gasteiger partial charge in [-0.15, -0.1) is 11.3 Å². The SMILES string of the molecule is CCOC(=O)Nc1ccc(-c2cnc(-c3ccc(NC(=S)NC(C)C)cc3)s2)c(S(=O)(=O)NC(C)(C)C)c1. The van der Waals surface area contributed by atoms with Crippen LogP contribution in [0.15, 0.2) is 53.6 Å². The fraction of sp³-hybridized carbons (Fsp3) is 0.346. The van der Waals surface area contributed by atoms with Gasteiger partial charge in [0.05, 0.1) is 16.4 Å². The molecule has 2 aromatic carbocycles. The largest absolute Gasteiger partial charge is 0.450 e. The van der Waals surface area contributed by atoms with Crippen LogP contribution >= 0.6 is 23.6 Å². The lowest BCUT2D eigenvalue weighted by molar-refractivity contribution is 0.168. The van der Waals surface area contributed by atoms with Crippen LogP contribution in [0.4, 0.5) is 16.2 Å². The second-order valence-electron chi connectivity index (χ2n) is 9.77. The van der Waals surface area contributed by atoms with Crippen molar-refractivity contribution in [3.63, 3.8) is 0 Å². The molecule has 0 atom stereocenters. The zero-order valence-corrected chi connectivity index (χ0v) is 24.7. The van der Waals surface area contributed by atoms with E-state index in [1.54, 1.807) is 46.0 Å². The molecule has 1 amide bonds. The molecule has 0 saturated carbocycles. The average molecular weight is 576 g/mol. The fourth-order valence-electron chi connectivity index (χ4n) is 3.43. The van der Waals surface area contributed by atoms with Crippen LogP contribution in [0.25, 0.3) is 21.0 Å². The zero-order valence-electron chi connectivity index (χ0n) is 22.2. The van der Waals surface area contributed by atoms with E-state index in [2.05, 4.69) is 25.7 Å². The Kier molecular flexibility index (Phi) is 9.47. The highest BCUT2D eigenvalue weighted by Crippen LogP contribution is 2.37. The summed E-state index contributed by atoms with van der Waals surface area (Å²) in [6, 6.07) is 12.6. The molecule has 0 bridgehead atoms. The van der Waals surface area contributed by atoms with E-state index in [-0.39, 0.29) is 17.5 Å². The summed E-state index contributed by atoms with van der Waals surface area (Å²) < 4.78 is 34.4. The summed E-state index contributed by atoms with van der Waals surface area (Å²) in [7, 11) is -3.94. The van der Waals surface area contributed by atoms with Gasteiger partial charge in [0.25, 0.3) is 0 Å². The van der Waals surface area contributed by atoms with E-state index < -0.39 is 21.7 Å². The van der Waals surface area contributed by atoms with Gasteiger partial charge in [0.15, 0.2) is 5.11 Å². The van der Waals surface area contributed by atoms with Gasteiger partial charge in [0, 0.05) is 40.3 Å². The molecule has 1 aromatic heterocycles. The van der Waals surface area contributed by atoms with Crippen molar-refractivity contribution in [3.8, 4) is 21.0 Å². The van der Waals surface area contributed by atoms with E-state index in [9.17, 15) is 13.2 Å². The molecular weight excluding hydrogens is 543 g/mol. The van der Waals surface area contributed by atoms with E-state index in [4.69, 9.17) is 17.0 Å². The number of nitrogens with one attached hydrogen (secondary N) is 4. The van der Waals surface area contributed by atoms with Crippen LogP contribution in [-0.4, -0.2) is 42.8 Å². The minimum atomic E-state index is -3.94. The number of thiocarbonyl (C=S) groups is 1. The van der Waals surface area contributed by atoms with E-state index in [1.807, 2.05) is 38.1 Å². The molecule has 0 radical (unpaired) electrons. The highest BCUT2D eigenvalue weighted by molar-refractivity contribution is 7.89. The normalized spacial score (nSPS) is 11.8. The number of thiazole rings is 1. The Morgan fingerprint density at radius 3 is 2.34 bits per heavy atom. The molecule has 1 heterocycles. The number of hydrogen-bond acceptors (Lipinski definition) is 7. The van der Waals surface area contributed by atoms with Gasteiger partial charge < -0.3 is 15.4 Å². The maximum Gasteiger partial charge on any atom is 0.411 e. The average Bonchev–Trinajstić information content (AvgIpc) is 3.27. The van der Waals surface area contributed by atoms with Crippen molar-refractivity contribution in [2.24, 2.45) is 0 Å². The number of carbonyl (C=O) groups is 1. The third-order valence-corrected chi connectivity index (χ3v) is 7.91. The van der Waals surface area contributed by atoms with Crippen molar-refractivity contribution in [2.75, 3.05) is 17.2 Å². The first-order valence-corrected chi connectivity index (χ1v) is 14.7. The van der Waals surface area contributed by atoms with Crippen LogP contribution in [0.3, 0.4) is 0 Å². The van der Waals surface area contributed by atoms with Crippen molar-refractivity contribution in [2.45, 2.75) is 58.0 Å². The molecular formula is C26H33N5O4S3. The second kappa shape index (κ2) is 12.2. The lowest BCUT2D eigenvalue weighted by Crippen LogP contribution is -2.40. The minimum absolute atomic E-state index is 0.0302. The first-order valence-electron chi connectivity index (χ1n) is 12.0. The number of ether oxygens (including phenoxy) is 1. The number of rotatable bonds is 8. The van der Waals surface area contributed by atoms with Crippen molar-refractivity contribution in [1.29, 1.82) is 0 Å². The van der Waals surface area contributed by atoms with Gasteiger partial charge in [-0.05, 0) is 90.2 Å². The molecule has 0 aliphatic heterocycles. The van der Waals surface area contributed by atoms with Crippen molar-refractivity contribution >= 4 is 56.2 Å². The summed E-state index contributed by atoms with van der Waals surface area (Å²) in [6.07, 6.45) is 0.990. The third kappa shape index (κ3) is 8.22. The molecule has 3 aromatic rings. The van der Waals surface area contributed by atoms with Crippen molar-refractivity contribution in [1.82, 2.24) is 15.0 Å². The Bertz CT molecular complexity index is 1390. The smallest absolute Gasteiger partial charge is 0.411 e. The molecule has 0 unspecified atom stereocenters. The first kappa shape index (κ1) is 29.5. The van der Waals surface area contributed by atoms with Gasteiger partial charge in [0.1, 0.15) is 5.01 Å². The molecule has 0 aliphatic carbocycles. The topological polar surface area (TPSA) is 121 Å². The van der Waals surface area contributed by atoms with Crippen molar-refractivity contribution < 1.29 is 17.9 Å². The monoisotopic (exact) mass is 575 g/mol. The van der Waals surface area contributed by atoms with E-state index in [1.165, 1.54) is 17.4 Å². The van der Waals surface area contributed by atoms with Crippen LogP contribution in [0.5, 0.6) is 0 Å². The number of anilines is 2. The number of carbonyl (C=O) groups excluding carboxylic acids is 1. The maximum absolute atomic E-state index is 13.4. The Hall–Kier alpha value is -3.06. The van der Waals surface area contributed by atoms with E-state index >= 15 is 0 Å². The van der Waals surface area contributed by atoms with Crippen LogP contribution < -0.4 is 20.7 Å². The first-order chi connectivity index (χ1) is 17.8. The van der Waals surface area contributed by atoms with Crippen LogP contribution in [0, 0.1) is 0 Å². The molecule has 204 valence electrons. The lowest BCUT2D eigenvalue weighted by Gasteiger charge is -2.22. The summed E-state index contributed by atoms with van der Waals surface area (Å²) in [5, 5.41) is 10.1. The summed E-state index contributed by atoms with van der Waals surface area (Å²) in [5.74, 6) is 0. The molecule has 0 aliphatic rings. The highest BCUT2D eigenvalue weighted by atomic mass is 32.2. The zero-order chi connectivity index (χ0) is 28.1. The molecule has 0 spiro atoms. The summed E-state index contributed by atoms with van der Waals surface area (Å²) >= 11 is 6.67. The predicted octanol–water partition coefficient (Wildman–Crippen LogP) is 5.82. The van der Waals surface area contributed by atoms with Gasteiger partial charge >= 0.3 is 6.09 Å². The van der Waals surface area contributed by atoms with E-state index in [0.717, 1.165) is 16.3 Å². The Labute approximate surface area is 233 Å². The third-order valence-electron chi connectivity index (χ3n) is 4.81. The standard InChI is InChI=1S/C26H33N5O4S3/c1-7-35-25(32)30-19-12-13-20(22(14-19)38(33,34)31-26(4,5)6)21-15-27-23(37-21)17-8-10-18(11-9-17)29-24(36)28-16(2)3/h8-16,31H,7H2,1-6H3,(H,30,32)(H2,28,29,36). The number of aromatic nitrogens is 1. The summed E-state index contributed by atoms with van der Waals surface area (Å²) in [5.41, 5.74) is 1.80. The number of hydrogen-bond donors (Lipinski definition) is 4. The molecule has 3 rings (SSSR count). The number of sulfonamides is 1. The Balaban J connectivity index is 1.94. The fourth-order valence-corrected chi connectivity index (χ4v) is 6.47. The number of nitrogens with zero attached hydrogens (tertiary/aromatic N) is 1. The van der Waals surface area contributed by atoms with Crippen LogP contribution in [0.1, 0.15) is 41.5 Å². The van der Waals surface area contributed by atoms with Crippen molar-refractivity contribution in [3.05, 3.63) is 48.7 Å². The van der Waals surface area contributed by atoms with Crippen LogP contribution in [-0.2, 0) is 14.8 Å². The Morgan fingerprint density at radius 1 is 1.08 bits per heavy atom. The number of amides is 1. The number of benzene rings is 2. The van der Waals surface area contributed by atoms with Gasteiger partial charge in [-0.2, -0.15) is 0 Å². The minimum Gasteiger partial charge on any atom is -0.450 e.